The van der Waals surface area contributed by atoms with Crippen LogP contribution in [0.2, 0.25) is 0 Å². The molecule has 6 nitrogen and oxygen atoms in total. The molecule has 0 saturated carbocycles. The van der Waals surface area contributed by atoms with Crippen molar-refractivity contribution in [1.82, 2.24) is 4.98 Å². The van der Waals surface area contributed by atoms with E-state index in [0.717, 1.165) is 4.47 Å². The maximum atomic E-state index is 12.2. The summed E-state index contributed by atoms with van der Waals surface area (Å²) in [7, 11) is 0. The lowest BCUT2D eigenvalue weighted by molar-refractivity contribution is -0.130. The van der Waals surface area contributed by atoms with Gasteiger partial charge in [-0.1, -0.05) is 6.08 Å². The summed E-state index contributed by atoms with van der Waals surface area (Å²) in [5.74, 6) is -0.480. The summed E-state index contributed by atoms with van der Waals surface area (Å²) in [6, 6.07) is 8.55. The van der Waals surface area contributed by atoms with E-state index in [-0.39, 0.29) is 17.5 Å². The highest BCUT2D eigenvalue weighted by Crippen LogP contribution is 2.18. The van der Waals surface area contributed by atoms with Crippen molar-refractivity contribution in [3.05, 3.63) is 70.1 Å². The molecule has 1 aliphatic rings. The Kier molecular flexibility index (Phi) is 4.52. The number of esters is 1. The first-order chi connectivity index (χ1) is 11.6. The Bertz CT molecular complexity index is 873. The molecule has 0 saturated heterocycles. The van der Waals surface area contributed by atoms with E-state index in [1.807, 2.05) is 0 Å². The molecular weight excluding hydrogens is 374 g/mol. The molecule has 1 aliphatic heterocycles. The Morgan fingerprint density at radius 2 is 2.00 bits per heavy atom. The summed E-state index contributed by atoms with van der Waals surface area (Å²) in [5, 5.41) is 2.77. The highest BCUT2D eigenvalue weighted by Gasteiger charge is 2.23. The molecule has 2 aromatic rings. The van der Waals surface area contributed by atoms with E-state index in [1.54, 1.807) is 49.5 Å². The minimum atomic E-state index is -0.466. The van der Waals surface area contributed by atoms with Gasteiger partial charge in [0.2, 0.25) is 5.90 Å². The highest BCUT2D eigenvalue weighted by atomic mass is 79.9. The number of cyclic esters (lactones) is 1. The maximum absolute atomic E-state index is 12.2. The van der Waals surface area contributed by atoms with Crippen LogP contribution in [0.4, 0.5) is 5.69 Å². The van der Waals surface area contributed by atoms with Crippen LogP contribution in [-0.4, -0.2) is 22.8 Å². The smallest absolute Gasteiger partial charge is 0.363 e. The zero-order chi connectivity index (χ0) is 17.1. The molecule has 2 heterocycles. The van der Waals surface area contributed by atoms with Crippen molar-refractivity contribution in [1.29, 1.82) is 0 Å². The predicted molar refractivity (Wildman–Crippen MR) is 92.7 cm³/mol. The van der Waals surface area contributed by atoms with Crippen LogP contribution in [0.15, 0.2) is 64.0 Å². The van der Waals surface area contributed by atoms with E-state index in [9.17, 15) is 9.59 Å². The van der Waals surface area contributed by atoms with Crippen molar-refractivity contribution in [3.63, 3.8) is 0 Å². The second-order valence-corrected chi connectivity index (χ2v) is 5.82. The summed E-state index contributed by atoms with van der Waals surface area (Å²) in [5.41, 5.74) is 1.99. The lowest BCUT2D eigenvalue weighted by Gasteiger charge is -2.06. The first kappa shape index (κ1) is 16.1. The van der Waals surface area contributed by atoms with E-state index in [1.165, 1.54) is 6.20 Å². The van der Waals surface area contributed by atoms with Gasteiger partial charge in [0, 0.05) is 28.1 Å². The number of pyridine rings is 1. The first-order valence-corrected chi connectivity index (χ1v) is 7.85. The fourth-order valence-electron chi connectivity index (χ4n) is 2.06. The monoisotopic (exact) mass is 385 g/mol. The lowest BCUT2D eigenvalue weighted by Crippen LogP contribution is -2.12. The number of anilines is 1. The van der Waals surface area contributed by atoms with Gasteiger partial charge < -0.3 is 10.1 Å². The average Bonchev–Trinajstić information content (AvgIpc) is 2.96. The summed E-state index contributed by atoms with van der Waals surface area (Å²) in [6.07, 6.45) is 4.68. The number of aliphatic imine (C=N–C) groups is 1. The molecule has 0 aliphatic carbocycles. The van der Waals surface area contributed by atoms with Crippen molar-refractivity contribution in [2.45, 2.75) is 6.92 Å². The SMILES string of the molecule is C/C=C1/N=C(c2ccc(NC(=O)c3cncc(Br)c3)cc2)OC1=O. The van der Waals surface area contributed by atoms with Crippen molar-refractivity contribution in [3.8, 4) is 0 Å². The van der Waals surface area contributed by atoms with E-state index in [2.05, 4.69) is 31.2 Å². The topological polar surface area (TPSA) is 80.7 Å². The Balaban J connectivity index is 1.74. The van der Waals surface area contributed by atoms with Crippen LogP contribution in [0, 0.1) is 0 Å². The van der Waals surface area contributed by atoms with Gasteiger partial charge in [0.25, 0.3) is 5.91 Å². The molecule has 24 heavy (non-hydrogen) atoms. The fraction of sp³-hybridized carbons (Fsp3) is 0.0588. The molecule has 0 bridgehead atoms. The molecule has 0 radical (unpaired) electrons. The standard InChI is InChI=1S/C17H12BrN3O3/c1-2-14-17(23)24-16(21-14)10-3-5-13(6-4-10)20-15(22)11-7-12(18)9-19-8-11/h2-9H,1H3,(H,20,22)/b14-2+. The fourth-order valence-corrected chi connectivity index (χ4v) is 2.42. The molecule has 1 N–H and O–H groups in total. The van der Waals surface area contributed by atoms with Gasteiger partial charge in [-0.2, -0.15) is 0 Å². The van der Waals surface area contributed by atoms with Gasteiger partial charge >= 0.3 is 5.97 Å². The highest BCUT2D eigenvalue weighted by molar-refractivity contribution is 9.10. The second kappa shape index (κ2) is 6.76. The van der Waals surface area contributed by atoms with Crippen LogP contribution in [0.1, 0.15) is 22.8 Å². The minimum Gasteiger partial charge on any atom is -0.402 e. The molecular formula is C17H12BrN3O3. The number of benzene rings is 1. The van der Waals surface area contributed by atoms with Crippen molar-refractivity contribution < 1.29 is 14.3 Å². The number of halogens is 1. The van der Waals surface area contributed by atoms with Gasteiger partial charge in [-0.25, -0.2) is 9.79 Å². The molecule has 1 amide bonds. The van der Waals surface area contributed by atoms with Gasteiger partial charge in [-0.3, -0.25) is 9.78 Å². The molecule has 3 rings (SSSR count). The van der Waals surface area contributed by atoms with Crippen LogP contribution in [0.3, 0.4) is 0 Å². The van der Waals surface area contributed by atoms with Gasteiger partial charge in [-0.15, -0.1) is 0 Å². The van der Waals surface area contributed by atoms with Crippen LogP contribution in [0.5, 0.6) is 0 Å². The van der Waals surface area contributed by atoms with E-state index in [4.69, 9.17) is 4.74 Å². The molecule has 0 unspecified atom stereocenters. The third kappa shape index (κ3) is 3.41. The zero-order valence-corrected chi connectivity index (χ0v) is 14.2. The second-order valence-electron chi connectivity index (χ2n) is 4.90. The van der Waals surface area contributed by atoms with E-state index < -0.39 is 5.97 Å². The summed E-state index contributed by atoms with van der Waals surface area (Å²) >= 11 is 3.28. The number of ether oxygens (including phenoxy) is 1. The quantitative estimate of drug-likeness (QED) is 0.649. The summed E-state index contributed by atoms with van der Waals surface area (Å²) in [4.78, 5) is 31.7. The number of hydrogen-bond donors (Lipinski definition) is 1. The number of carbonyl (C=O) groups excluding carboxylic acids is 2. The van der Waals surface area contributed by atoms with Crippen LogP contribution < -0.4 is 5.32 Å². The normalized spacial score (nSPS) is 15.2. The van der Waals surface area contributed by atoms with Gasteiger partial charge in [0.15, 0.2) is 0 Å². The predicted octanol–water partition coefficient (Wildman–Crippen LogP) is 3.30. The zero-order valence-electron chi connectivity index (χ0n) is 12.6. The molecule has 7 heteroatoms. The number of rotatable bonds is 3. The number of allylic oxidation sites excluding steroid dienone is 1. The summed E-state index contributed by atoms with van der Waals surface area (Å²) < 4.78 is 5.82. The lowest BCUT2D eigenvalue weighted by atomic mass is 10.2. The molecule has 120 valence electrons. The number of amides is 1. The van der Waals surface area contributed by atoms with Crippen LogP contribution >= 0.6 is 15.9 Å². The van der Waals surface area contributed by atoms with E-state index >= 15 is 0 Å². The summed E-state index contributed by atoms with van der Waals surface area (Å²) in [6.45, 7) is 1.72. The molecule has 1 aromatic heterocycles. The van der Waals surface area contributed by atoms with Gasteiger partial charge in [0.05, 0.1) is 5.56 Å². The Morgan fingerprint density at radius 3 is 2.62 bits per heavy atom. The number of aromatic nitrogens is 1. The Labute approximate surface area is 146 Å². The Morgan fingerprint density at radius 1 is 1.25 bits per heavy atom. The first-order valence-electron chi connectivity index (χ1n) is 7.06. The largest absolute Gasteiger partial charge is 0.402 e. The maximum Gasteiger partial charge on any atom is 0.363 e. The number of hydrogen-bond acceptors (Lipinski definition) is 5. The molecule has 1 aromatic carbocycles. The number of carbonyl (C=O) groups is 2. The van der Waals surface area contributed by atoms with E-state index in [0.29, 0.717) is 16.8 Å². The van der Waals surface area contributed by atoms with Crippen molar-refractivity contribution >= 4 is 39.4 Å². The Hall–Kier alpha value is -2.80. The van der Waals surface area contributed by atoms with Crippen molar-refractivity contribution in [2.75, 3.05) is 5.32 Å². The molecule has 0 spiro atoms. The third-order valence-electron chi connectivity index (χ3n) is 3.25. The molecule has 0 atom stereocenters. The third-order valence-corrected chi connectivity index (χ3v) is 3.68. The average molecular weight is 386 g/mol. The van der Waals surface area contributed by atoms with Gasteiger partial charge in [0.1, 0.15) is 5.70 Å². The minimum absolute atomic E-state index is 0.252. The molecule has 0 fully saturated rings. The van der Waals surface area contributed by atoms with Crippen LogP contribution in [0.25, 0.3) is 0 Å². The van der Waals surface area contributed by atoms with Gasteiger partial charge in [-0.05, 0) is 53.2 Å². The van der Waals surface area contributed by atoms with Crippen molar-refractivity contribution in [2.24, 2.45) is 4.99 Å². The number of nitrogens with zero attached hydrogens (tertiary/aromatic N) is 2. The number of nitrogens with one attached hydrogen (secondary N) is 1. The van der Waals surface area contributed by atoms with Crippen LogP contribution in [-0.2, 0) is 9.53 Å².